The zero-order valence-corrected chi connectivity index (χ0v) is 15.7. The molecule has 0 aliphatic carbocycles. The number of amides is 1. The van der Waals surface area contributed by atoms with E-state index in [2.05, 4.69) is 25.1 Å². The molecule has 1 saturated heterocycles. The van der Waals surface area contributed by atoms with E-state index in [1.165, 1.54) is 25.6 Å². The number of aromatic nitrogens is 2. The summed E-state index contributed by atoms with van der Waals surface area (Å²) in [7, 11) is 5.40. The fraction of sp³-hybridized carbons (Fsp3) is 0.421. The number of carbonyl (C=O) groups excluding carboxylic acids is 1. The third-order valence-electron chi connectivity index (χ3n) is 4.66. The predicted molar refractivity (Wildman–Crippen MR) is 100 cm³/mol. The highest BCUT2D eigenvalue weighted by Crippen LogP contribution is 2.24. The zero-order chi connectivity index (χ0) is 19.4. The van der Waals surface area contributed by atoms with Crippen molar-refractivity contribution in [3.05, 3.63) is 48.2 Å². The van der Waals surface area contributed by atoms with Crippen LogP contribution in [-0.2, 0) is 0 Å². The van der Waals surface area contributed by atoms with E-state index in [4.69, 9.17) is 4.74 Å². The largest absolute Gasteiger partial charge is 0.494 e. The minimum Gasteiger partial charge on any atom is -0.494 e. The molecule has 0 spiro atoms. The Labute approximate surface area is 158 Å². The molecule has 0 radical (unpaired) electrons. The average molecular weight is 373 g/mol. The predicted octanol–water partition coefficient (Wildman–Crippen LogP) is 1.42. The number of nitrogens with zero attached hydrogens (tertiary/aromatic N) is 4. The number of nitrogens with one attached hydrogen (secondary N) is 1. The van der Waals surface area contributed by atoms with E-state index in [9.17, 15) is 9.18 Å². The highest BCUT2D eigenvalue weighted by atomic mass is 19.1. The molecule has 1 amide bonds. The molecule has 1 N–H and O–H groups in total. The second-order valence-electron chi connectivity index (χ2n) is 6.92. The fourth-order valence-electron chi connectivity index (χ4n) is 3.41. The Hall–Kier alpha value is -2.74. The maximum atomic E-state index is 13.9. The number of rotatable bonds is 6. The first-order valence-electron chi connectivity index (χ1n) is 8.78. The first kappa shape index (κ1) is 19.0. The molecule has 0 bridgehead atoms. The topological polar surface area (TPSA) is 70.6 Å². The van der Waals surface area contributed by atoms with Crippen molar-refractivity contribution in [2.75, 3.05) is 45.7 Å². The highest BCUT2D eigenvalue weighted by Gasteiger charge is 2.35. The maximum absolute atomic E-state index is 13.9. The van der Waals surface area contributed by atoms with Crippen molar-refractivity contribution < 1.29 is 13.9 Å². The molecule has 27 heavy (non-hydrogen) atoms. The normalized spacial score (nSPS) is 19.4. The van der Waals surface area contributed by atoms with Crippen LogP contribution in [0.3, 0.4) is 0 Å². The smallest absolute Gasteiger partial charge is 0.251 e. The third kappa shape index (κ3) is 4.51. The number of anilines is 1. The summed E-state index contributed by atoms with van der Waals surface area (Å²) in [6, 6.07) is 6.01. The molecule has 8 heteroatoms. The lowest BCUT2D eigenvalue weighted by Crippen LogP contribution is -2.43. The summed E-state index contributed by atoms with van der Waals surface area (Å²) in [6.45, 7) is 2.24. The Morgan fingerprint density at radius 1 is 1.37 bits per heavy atom. The van der Waals surface area contributed by atoms with Crippen LogP contribution >= 0.6 is 0 Å². The molecule has 2 heterocycles. The van der Waals surface area contributed by atoms with Gasteiger partial charge in [0, 0.05) is 37.3 Å². The average Bonchev–Trinajstić information content (AvgIpc) is 3.04. The minimum absolute atomic E-state index is 0.0694. The minimum atomic E-state index is -0.552. The van der Waals surface area contributed by atoms with Crippen LogP contribution < -0.4 is 15.0 Å². The third-order valence-corrected chi connectivity index (χ3v) is 4.66. The van der Waals surface area contributed by atoms with Crippen LogP contribution in [0.15, 0.2) is 36.8 Å². The molecular formula is C19H24FN5O2. The molecular weight excluding hydrogens is 349 g/mol. The van der Waals surface area contributed by atoms with Gasteiger partial charge in [-0.3, -0.25) is 4.79 Å². The van der Waals surface area contributed by atoms with Gasteiger partial charge in [-0.05, 0) is 38.4 Å². The summed E-state index contributed by atoms with van der Waals surface area (Å²) in [5.74, 6) is 0.328. The second-order valence-corrected chi connectivity index (χ2v) is 6.92. The van der Waals surface area contributed by atoms with Crippen molar-refractivity contribution in [1.29, 1.82) is 0 Å². The summed E-state index contributed by atoms with van der Waals surface area (Å²) in [6.07, 6.45) is 3.22. The Morgan fingerprint density at radius 2 is 2.19 bits per heavy atom. The van der Waals surface area contributed by atoms with E-state index < -0.39 is 5.82 Å². The van der Waals surface area contributed by atoms with Crippen molar-refractivity contribution in [2.24, 2.45) is 5.92 Å². The molecule has 2 atom stereocenters. The molecule has 1 fully saturated rings. The molecule has 0 saturated carbocycles. The van der Waals surface area contributed by atoms with Crippen molar-refractivity contribution in [2.45, 2.75) is 6.04 Å². The Kier molecular flexibility index (Phi) is 5.85. The van der Waals surface area contributed by atoms with Crippen molar-refractivity contribution in [3.8, 4) is 5.75 Å². The SMILES string of the molecule is COc1ccc(C(=O)N[C@@H]2CN(c3ccncn3)C[C@H]2CN(C)C)cc1F. The zero-order valence-electron chi connectivity index (χ0n) is 15.7. The Morgan fingerprint density at radius 3 is 2.81 bits per heavy atom. The quantitative estimate of drug-likeness (QED) is 0.826. The van der Waals surface area contributed by atoms with Gasteiger partial charge in [-0.25, -0.2) is 14.4 Å². The van der Waals surface area contributed by atoms with Crippen LogP contribution in [0.25, 0.3) is 0 Å². The van der Waals surface area contributed by atoms with Crippen LogP contribution in [0.4, 0.5) is 10.2 Å². The lowest BCUT2D eigenvalue weighted by atomic mass is 10.0. The summed E-state index contributed by atoms with van der Waals surface area (Å²) in [4.78, 5) is 25.1. The molecule has 7 nitrogen and oxygen atoms in total. The standard InChI is InChI=1S/C19H24FN5O2/c1-24(2)9-14-10-25(18-6-7-21-12-22-18)11-16(14)23-19(26)13-4-5-17(27-3)15(20)8-13/h4-8,12,14,16H,9-11H2,1-3H3,(H,23,26)/t14-,16-/m1/s1. The van der Waals surface area contributed by atoms with Crippen LogP contribution in [0.1, 0.15) is 10.4 Å². The van der Waals surface area contributed by atoms with Gasteiger partial charge in [-0.2, -0.15) is 0 Å². The fourth-order valence-corrected chi connectivity index (χ4v) is 3.41. The van der Waals surface area contributed by atoms with Crippen molar-refractivity contribution in [3.63, 3.8) is 0 Å². The van der Waals surface area contributed by atoms with Crippen LogP contribution in [-0.4, -0.2) is 67.7 Å². The Balaban J connectivity index is 1.74. The van der Waals surface area contributed by atoms with E-state index in [-0.39, 0.29) is 29.2 Å². The van der Waals surface area contributed by atoms with Gasteiger partial charge in [-0.1, -0.05) is 0 Å². The van der Waals surface area contributed by atoms with Gasteiger partial charge < -0.3 is 19.9 Å². The van der Waals surface area contributed by atoms with Gasteiger partial charge in [0.1, 0.15) is 12.1 Å². The number of carbonyl (C=O) groups is 1. The van der Waals surface area contributed by atoms with Crippen LogP contribution in [0.2, 0.25) is 0 Å². The molecule has 1 aromatic carbocycles. The summed E-state index contributed by atoms with van der Waals surface area (Å²) in [5.41, 5.74) is 0.275. The molecule has 144 valence electrons. The number of halogens is 1. The number of methoxy groups -OCH3 is 1. The van der Waals surface area contributed by atoms with Gasteiger partial charge in [0.25, 0.3) is 5.91 Å². The van der Waals surface area contributed by atoms with Gasteiger partial charge in [-0.15, -0.1) is 0 Å². The van der Waals surface area contributed by atoms with E-state index in [1.807, 2.05) is 20.2 Å². The van der Waals surface area contributed by atoms with E-state index in [0.29, 0.717) is 6.54 Å². The van der Waals surface area contributed by atoms with Crippen LogP contribution in [0.5, 0.6) is 5.75 Å². The first-order valence-corrected chi connectivity index (χ1v) is 8.78. The van der Waals surface area contributed by atoms with Crippen molar-refractivity contribution in [1.82, 2.24) is 20.2 Å². The number of benzene rings is 1. The summed E-state index contributed by atoms with van der Waals surface area (Å²) in [5, 5.41) is 3.06. The number of hydrogen-bond acceptors (Lipinski definition) is 6. The van der Waals surface area contributed by atoms with E-state index in [1.54, 1.807) is 12.3 Å². The lowest BCUT2D eigenvalue weighted by molar-refractivity contribution is 0.0927. The van der Waals surface area contributed by atoms with Gasteiger partial charge >= 0.3 is 0 Å². The molecule has 1 aliphatic rings. The van der Waals surface area contributed by atoms with Crippen LogP contribution in [0, 0.1) is 11.7 Å². The van der Waals surface area contributed by atoms with E-state index >= 15 is 0 Å². The van der Waals surface area contributed by atoms with E-state index in [0.717, 1.165) is 18.9 Å². The Bertz CT molecular complexity index is 787. The van der Waals surface area contributed by atoms with Gasteiger partial charge in [0.2, 0.25) is 0 Å². The molecule has 0 unspecified atom stereocenters. The monoisotopic (exact) mass is 373 g/mol. The summed E-state index contributed by atoms with van der Waals surface area (Å²) >= 11 is 0. The second kappa shape index (κ2) is 8.30. The number of hydrogen-bond donors (Lipinski definition) is 1. The maximum Gasteiger partial charge on any atom is 0.251 e. The van der Waals surface area contributed by atoms with Gasteiger partial charge in [0.05, 0.1) is 13.2 Å². The first-order chi connectivity index (χ1) is 13.0. The summed E-state index contributed by atoms with van der Waals surface area (Å²) < 4.78 is 18.8. The molecule has 1 aliphatic heterocycles. The molecule has 2 aromatic rings. The number of ether oxygens (including phenoxy) is 1. The molecule has 3 rings (SSSR count). The molecule has 1 aromatic heterocycles. The lowest BCUT2D eigenvalue weighted by Gasteiger charge is -2.22. The van der Waals surface area contributed by atoms with Gasteiger partial charge in [0.15, 0.2) is 11.6 Å². The highest BCUT2D eigenvalue weighted by molar-refractivity contribution is 5.94. The van der Waals surface area contributed by atoms with Crippen molar-refractivity contribution >= 4 is 11.7 Å².